The van der Waals surface area contributed by atoms with Gasteiger partial charge in [-0.25, -0.2) is 9.97 Å². The smallest absolute Gasteiger partial charge is 0.223 e. The highest BCUT2D eigenvalue weighted by Gasteiger charge is 2.35. The first-order valence-electron chi connectivity index (χ1n) is 6.82. The molecule has 10 heteroatoms. The number of aliphatic hydroxyl groups excluding tert-OH is 3. The van der Waals surface area contributed by atoms with Crippen LogP contribution in [0.3, 0.4) is 0 Å². The Bertz CT molecular complexity index is 666. The number of ether oxygens (including phenoxy) is 1. The maximum atomic E-state index is 9.85. The van der Waals surface area contributed by atoms with Crippen LogP contribution < -0.4 is 5.73 Å². The Morgan fingerprint density at radius 2 is 2.23 bits per heavy atom. The Balaban J connectivity index is 1.96. The summed E-state index contributed by atoms with van der Waals surface area (Å²) in [5, 5.41) is 28.5. The number of nitrogen functional groups attached to an aromatic ring is 1. The minimum atomic E-state index is -0.741. The quantitative estimate of drug-likeness (QED) is 0.407. The molecule has 3 heterocycles. The summed E-state index contributed by atoms with van der Waals surface area (Å²) in [6.07, 6.45) is 0.0559. The van der Waals surface area contributed by atoms with E-state index in [1.807, 2.05) is 0 Å². The van der Waals surface area contributed by atoms with Gasteiger partial charge < -0.3 is 25.8 Å². The zero-order valence-corrected chi connectivity index (χ0v) is 12.5. The number of rotatable bonds is 5. The first-order chi connectivity index (χ1) is 10.6. The third-order valence-corrected chi connectivity index (χ3v) is 4.38. The molecule has 0 aromatic carbocycles. The summed E-state index contributed by atoms with van der Waals surface area (Å²) >= 11 is 1.34. The van der Waals surface area contributed by atoms with Crippen LogP contribution in [0.5, 0.6) is 0 Å². The largest absolute Gasteiger partial charge is 0.396 e. The number of aliphatic hydroxyl groups is 3. The Hall–Kier alpha value is -1.46. The average Bonchev–Trinajstić information content (AvgIpc) is 3.07. The van der Waals surface area contributed by atoms with Crippen molar-refractivity contribution in [1.29, 1.82) is 0 Å². The molecule has 0 saturated carbocycles. The molecule has 5 N–H and O–H groups in total. The molecule has 0 aliphatic carbocycles. The SMILES string of the molecule is Nc1nc(SCCO)c2ncn([C@H]3C[C@H](O)[C@@H](CO)O3)c2n1. The van der Waals surface area contributed by atoms with Gasteiger partial charge in [-0.15, -0.1) is 11.8 Å². The summed E-state index contributed by atoms with van der Waals surface area (Å²) in [5.41, 5.74) is 6.81. The molecule has 2 aromatic heterocycles. The highest BCUT2D eigenvalue weighted by Crippen LogP contribution is 2.32. The molecule has 0 unspecified atom stereocenters. The number of thioether (sulfide) groups is 1. The first-order valence-corrected chi connectivity index (χ1v) is 7.80. The van der Waals surface area contributed by atoms with Gasteiger partial charge in [-0.05, 0) is 0 Å². The molecule has 1 aliphatic heterocycles. The number of nitrogens with two attached hydrogens (primary N) is 1. The fraction of sp³-hybridized carbons (Fsp3) is 0.583. The van der Waals surface area contributed by atoms with Crippen molar-refractivity contribution in [3.05, 3.63) is 6.33 Å². The molecular weight excluding hydrogens is 310 g/mol. The van der Waals surface area contributed by atoms with E-state index in [0.717, 1.165) is 0 Å². The van der Waals surface area contributed by atoms with Crippen molar-refractivity contribution in [2.24, 2.45) is 0 Å². The predicted molar refractivity (Wildman–Crippen MR) is 79.2 cm³/mol. The highest BCUT2D eigenvalue weighted by atomic mass is 32.2. The van der Waals surface area contributed by atoms with Crippen LogP contribution in [0.4, 0.5) is 5.95 Å². The number of imidazole rings is 1. The Labute approximate surface area is 130 Å². The van der Waals surface area contributed by atoms with E-state index < -0.39 is 18.4 Å². The van der Waals surface area contributed by atoms with Gasteiger partial charge in [0, 0.05) is 12.2 Å². The number of fused-ring (bicyclic) bond motifs is 1. The van der Waals surface area contributed by atoms with Crippen molar-refractivity contribution < 1.29 is 20.1 Å². The summed E-state index contributed by atoms with van der Waals surface area (Å²) in [4.78, 5) is 12.6. The van der Waals surface area contributed by atoms with E-state index >= 15 is 0 Å². The number of hydrogen-bond acceptors (Lipinski definition) is 9. The zero-order chi connectivity index (χ0) is 15.7. The molecule has 1 aliphatic rings. The van der Waals surface area contributed by atoms with Crippen molar-refractivity contribution in [3.8, 4) is 0 Å². The molecule has 9 nitrogen and oxygen atoms in total. The van der Waals surface area contributed by atoms with Crippen LogP contribution in [0.2, 0.25) is 0 Å². The third kappa shape index (κ3) is 2.75. The van der Waals surface area contributed by atoms with Gasteiger partial charge in [0.05, 0.1) is 25.6 Å². The monoisotopic (exact) mass is 327 g/mol. The third-order valence-electron chi connectivity index (χ3n) is 3.43. The summed E-state index contributed by atoms with van der Waals surface area (Å²) < 4.78 is 7.29. The minimum absolute atomic E-state index is 0.0207. The van der Waals surface area contributed by atoms with Gasteiger partial charge in [0.25, 0.3) is 0 Å². The standard InChI is InChI=1S/C12H17N5O4S/c13-12-15-10-9(11(16-12)22-2-1-18)14-5-17(10)8-3-6(20)7(4-19)21-8/h5-8,18-20H,1-4H2,(H2,13,15,16)/t6-,7+,8+/m0/s1. The molecule has 0 spiro atoms. The van der Waals surface area contributed by atoms with E-state index in [4.69, 9.17) is 20.7 Å². The lowest BCUT2D eigenvalue weighted by Gasteiger charge is -2.13. The predicted octanol–water partition coefficient (Wildman–Crippen LogP) is -0.866. The number of nitrogens with zero attached hydrogens (tertiary/aromatic N) is 4. The van der Waals surface area contributed by atoms with Crippen molar-refractivity contribution in [1.82, 2.24) is 19.5 Å². The van der Waals surface area contributed by atoms with Crippen LogP contribution >= 0.6 is 11.8 Å². The Kier molecular flexibility index (Phi) is 4.45. The molecule has 120 valence electrons. The summed E-state index contributed by atoms with van der Waals surface area (Å²) in [6, 6.07) is 0. The van der Waals surface area contributed by atoms with Crippen LogP contribution in [0.25, 0.3) is 11.2 Å². The molecule has 22 heavy (non-hydrogen) atoms. The Morgan fingerprint density at radius 3 is 2.91 bits per heavy atom. The van der Waals surface area contributed by atoms with Crippen LogP contribution in [-0.2, 0) is 4.74 Å². The molecule has 0 amide bonds. The zero-order valence-electron chi connectivity index (χ0n) is 11.7. The lowest BCUT2D eigenvalue weighted by Crippen LogP contribution is -2.24. The molecule has 1 saturated heterocycles. The van der Waals surface area contributed by atoms with E-state index in [9.17, 15) is 5.11 Å². The van der Waals surface area contributed by atoms with Crippen molar-refractivity contribution in [2.75, 3.05) is 24.7 Å². The lowest BCUT2D eigenvalue weighted by molar-refractivity contribution is -0.0432. The summed E-state index contributed by atoms with van der Waals surface area (Å²) in [6.45, 7) is -0.230. The van der Waals surface area contributed by atoms with E-state index in [0.29, 0.717) is 28.4 Å². The van der Waals surface area contributed by atoms with Gasteiger partial charge in [0.1, 0.15) is 22.9 Å². The molecule has 0 radical (unpaired) electrons. The number of aromatic nitrogens is 4. The van der Waals surface area contributed by atoms with Crippen LogP contribution in [-0.4, -0.2) is 66.0 Å². The average molecular weight is 327 g/mol. The van der Waals surface area contributed by atoms with E-state index in [2.05, 4.69) is 15.0 Å². The number of anilines is 1. The van der Waals surface area contributed by atoms with Crippen molar-refractivity contribution >= 4 is 28.9 Å². The molecule has 0 bridgehead atoms. The summed E-state index contributed by atoms with van der Waals surface area (Å²) in [5.74, 6) is 0.579. The maximum absolute atomic E-state index is 9.85. The van der Waals surface area contributed by atoms with Crippen LogP contribution in [0.15, 0.2) is 11.4 Å². The molecule has 1 fully saturated rings. The Morgan fingerprint density at radius 1 is 1.41 bits per heavy atom. The van der Waals surface area contributed by atoms with E-state index in [1.54, 1.807) is 10.9 Å². The van der Waals surface area contributed by atoms with Crippen LogP contribution in [0.1, 0.15) is 12.6 Å². The van der Waals surface area contributed by atoms with Crippen LogP contribution in [0, 0.1) is 0 Å². The van der Waals surface area contributed by atoms with Crippen molar-refractivity contribution in [3.63, 3.8) is 0 Å². The second-order valence-corrected chi connectivity index (χ2v) is 5.98. The second kappa shape index (κ2) is 6.34. The summed E-state index contributed by atoms with van der Waals surface area (Å²) in [7, 11) is 0. The highest BCUT2D eigenvalue weighted by molar-refractivity contribution is 7.99. The normalized spacial score (nSPS) is 25.1. The molecule has 3 atom stereocenters. The molecule has 3 rings (SSSR count). The van der Waals surface area contributed by atoms with Gasteiger partial charge in [0.2, 0.25) is 5.95 Å². The fourth-order valence-electron chi connectivity index (χ4n) is 2.41. The molecular formula is C12H17N5O4S. The fourth-order valence-corrected chi connectivity index (χ4v) is 3.13. The number of hydrogen-bond donors (Lipinski definition) is 4. The van der Waals surface area contributed by atoms with Gasteiger partial charge in [-0.3, -0.25) is 4.57 Å². The van der Waals surface area contributed by atoms with Gasteiger partial charge in [0.15, 0.2) is 5.65 Å². The van der Waals surface area contributed by atoms with Crippen molar-refractivity contribution in [2.45, 2.75) is 29.9 Å². The van der Waals surface area contributed by atoms with E-state index in [-0.39, 0.29) is 19.2 Å². The van der Waals surface area contributed by atoms with E-state index in [1.165, 1.54) is 11.8 Å². The van der Waals surface area contributed by atoms with Gasteiger partial charge >= 0.3 is 0 Å². The lowest BCUT2D eigenvalue weighted by atomic mass is 10.2. The topological polar surface area (TPSA) is 140 Å². The second-order valence-electron chi connectivity index (χ2n) is 4.90. The first kappa shape index (κ1) is 15.4. The van der Waals surface area contributed by atoms with Gasteiger partial charge in [-0.1, -0.05) is 0 Å². The minimum Gasteiger partial charge on any atom is -0.396 e. The molecule has 2 aromatic rings. The van der Waals surface area contributed by atoms with Gasteiger partial charge in [-0.2, -0.15) is 4.98 Å². The maximum Gasteiger partial charge on any atom is 0.223 e.